The van der Waals surface area contributed by atoms with Gasteiger partial charge in [0.1, 0.15) is 11.0 Å². The van der Waals surface area contributed by atoms with Gasteiger partial charge in [0.15, 0.2) is 5.82 Å². The first-order chi connectivity index (χ1) is 8.20. The third kappa shape index (κ3) is 2.71. The van der Waals surface area contributed by atoms with Gasteiger partial charge in [-0.15, -0.1) is 0 Å². The normalized spacial score (nSPS) is 10.3. The zero-order valence-corrected chi connectivity index (χ0v) is 10.0. The van der Waals surface area contributed by atoms with Gasteiger partial charge in [0.05, 0.1) is 12.4 Å². The van der Waals surface area contributed by atoms with Crippen LogP contribution < -0.4 is 4.90 Å². The molecule has 0 N–H and O–H groups in total. The first-order valence-corrected chi connectivity index (χ1v) is 5.59. The van der Waals surface area contributed by atoms with Crippen molar-refractivity contribution in [2.75, 3.05) is 11.4 Å². The average molecular weight is 252 g/mol. The summed E-state index contributed by atoms with van der Waals surface area (Å²) < 4.78 is 13.2. The lowest BCUT2D eigenvalue weighted by molar-refractivity contribution is 0.627. The molecule has 0 aliphatic rings. The standard InChI is InChI=1S/C12H11ClFN3/c1-2-17(10-5-3-4-9(14)6-10)12-8-15-7-11(13)16-12/h3-8H,2H2,1H3. The third-order valence-corrected chi connectivity index (χ3v) is 2.49. The van der Waals surface area contributed by atoms with E-state index in [9.17, 15) is 4.39 Å². The molecule has 0 radical (unpaired) electrons. The van der Waals surface area contributed by atoms with Crippen LogP contribution in [0.5, 0.6) is 0 Å². The second-order valence-electron chi connectivity index (χ2n) is 3.42. The highest BCUT2D eigenvalue weighted by Gasteiger charge is 2.09. The van der Waals surface area contributed by atoms with Crippen molar-refractivity contribution in [2.45, 2.75) is 6.92 Å². The van der Waals surface area contributed by atoms with E-state index in [0.717, 1.165) is 5.69 Å². The van der Waals surface area contributed by atoms with Gasteiger partial charge in [0.2, 0.25) is 0 Å². The van der Waals surface area contributed by atoms with Gasteiger partial charge in [-0.05, 0) is 25.1 Å². The Bertz CT molecular complexity index is 473. The summed E-state index contributed by atoms with van der Waals surface area (Å²) in [6.45, 7) is 2.60. The molecule has 0 amide bonds. The SMILES string of the molecule is CCN(c1cccc(F)c1)c1cncc(Cl)n1. The number of halogens is 2. The van der Waals surface area contributed by atoms with Gasteiger partial charge < -0.3 is 4.90 Å². The summed E-state index contributed by atoms with van der Waals surface area (Å²) in [5, 5.41) is 0.317. The van der Waals surface area contributed by atoms with Crippen molar-refractivity contribution >= 4 is 23.1 Å². The predicted molar refractivity (Wildman–Crippen MR) is 66.1 cm³/mol. The molecule has 1 aromatic heterocycles. The Labute approximate surface area is 104 Å². The molecule has 1 aromatic carbocycles. The Morgan fingerprint density at radius 1 is 1.35 bits per heavy atom. The number of aromatic nitrogens is 2. The fourth-order valence-corrected chi connectivity index (χ4v) is 1.73. The largest absolute Gasteiger partial charge is 0.325 e. The van der Waals surface area contributed by atoms with Gasteiger partial charge in [-0.2, -0.15) is 0 Å². The molecule has 0 atom stereocenters. The first-order valence-electron chi connectivity index (χ1n) is 5.21. The molecule has 0 spiro atoms. The van der Waals surface area contributed by atoms with E-state index in [2.05, 4.69) is 9.97 Å². The summed E-state index contributed by atoms with van der Waals surface area (Å²) in [4.78, 5) is 9.96. The molecule has 0 bridgehead atoms. The molecule has 3 nitrogen and oxygen atoms in total. The number of hydrogen-bond acceptors (Lipinski definition) is 3. The van der Waals surface area contributed by atoms with E-state index in [1.165, 1.54) is 18.3 Å². The maximum absolute atomic E-state index is 13.2. The van der Waals surface area contributed by atoms with Crippen molar-refractivity contribution in [2.24, 2.45) is 0 Å². The summed E-state index contributed by atoms with van der Waals surface area (Å²) >= 11 is 5.79. The van der Waals surface area contributed by atoms with E-state index in [4.69, 9.17) is 11.6 Å². The lowest BCUT2D eigenvalue weighted by Gasteiger charge is -2.21. The van der Waals surface area contributed by atoms with Crippen LogP contribution in [0, 0.1) is 5.82 Å². The summed E-state index contributed by atoms with van der Waals surface area (Å²) in [6.07, 6.45) is 3.06. The van der Waals surface area contributed by atoms with E-state index in [1.807, 2.05) is 17.9 Å². The molecule has 2 aromatic rings. The number of hydrogen-bond donors (Lipinski definition) is 0. The van der Waals surface area contributed by atoms with Gasteiger partial charge in [-0.1, -0.05) is 17.7 Å². The molecule has 1 heterocycles. The second-order valence-corrected chi connectivity index (χ2v) is 3.81. The molecule has 0 saturated carbocycles. The van der Waals surface area contributed by atoms with Gasteiger partial charge in [-0.3, -0.25) is 4.98 Å². The van der Waals surface area contributed by atoms with E-state index in [0.29, 0.717) is 17.5 Å². The minimum atomic E-state index is -0.282. The van der Waals surface area contributed by atoms with Crippen LogP contribution in [-0.2, 0) is 0 Å². The monoisotopic (exact) mass is 251 g/mol. The maximum Gasteiger partial charge on any atom is 0.153 e. The lowest BCUT2D eigenvalue weighted by atomic mass is 10.3. The van der Waals surface area contributed by atoms with E-state index < -0.39 is 0 Å². The van der Waals surface area contributed by atoms with Gasteiger partial charge in [0, 0.05) is 12.2 Å². The van der Waals surface area contributed by atoms with Crippen LogP contribution in [0.15, 0.2) is 36.7 Å². The number of anilines is 2. The number of benzene rings is 1. The third-order valence-electron chi connectivity index (χ3n) is 2.31. The fraction of sp³-hybridized carbons (Fsp3) is 0.167. The zero-order valence-electron chi connectivity index (χ0n) is 9.27. The molecule has 0 unspecified atom stereocenters. The molecule has 2 rings (SSSR count). The topological polar surface area (TPSA) is 29.0 Å². The molecular weight excluding hydrogens is 241 g/mol. The average Bonchev–Trinajstić information content (AvgIpc) is 2.30. The molecule has 0 aliphatic heterocycles. The predicted octanol–water partition coefficient (Wildman–Crippen LogP) is 3.43. The number of nitrogens with zero attached hydrogens (tertiary/aromatic N) is 3. The molecule has 88 valence electrons. The Hall–Kier alpha value is -1.68. The van der Waals surface area contributed by atoms with Crippen molar-refractivity contribution in [3.8, 4) is 0 Å². The lowest BCUT2D eigenvalue weighted by Crippen LogP contribution is -2.17. The van der Waals surface area contributed by atoms with Crippen molar-refractivity contribution in [1.82, 2.24) is 9.97 Å². The summed E-state index contributed by atoms with van der Waals surface area (Å²) in [7, 11) is 0. The summed E-state index contributed by atoms with van der Waals surface area (Å²) in [6, 6.07) is 6.33. The van der Waals surface area contributed by atoms with Crippen LogP contribution in [0.1, 0.15) is 6.92 Å². The zero-order chi connectivity index (χ0) is 12.3. The van der Waals surface area contributed by atoms with E-state index in [-0.39, 0.29) is 5.82 Å². The van der Waals surface area contributed by atoms with Crippen molar-refractivity contribution in [1.29, 1.82) is 0 Å². The molecule has 0 saturated heterocycles. The van der Waals surface area contributed by atoms with Crippen LogP contribution >= 0.6 is 11.6 Å². The highest BCUT2D eigenvalue weighted by Crippen LogP contribution is 2.23. The van der Waals surface area contributed by atoms with E-state index in [1.54, 1.807) is 12.3 Å². The fourth-order valence-electron chi connectivity index (χ4n) is 1.58. The van der Waals surface area contributed by atoms with Crippen molar-refractivity contribution < 1.29 is 4.39 Å². The molecule has 0 aliphatic carbocycles. The molecule has 5 heteroatoms. The minimum Gasteiger partial charge on any atom is -0.325 e. The van der Waals surface area contributed by atoms with Crippen LogP contribution in [0.2, 0.25) is 5.15 Å². The Morgan fingerprint density at radius 3 is 2.82 bits per heavy atom. The van der Waals surface area contributed by atoms with Crippen LogP contribution in [-0.4, -0.2) is 16.5 Å². The first kappa shape index (κ1) is 11.8. The van der Waals surface area contributed by atoms with E-state index >= 15 is 0 Å². The van der Waals surface area contributed by atoms with Crippen molar-refractivity contribution in [3.05, 3.63) is 47.6 Å². The maximum atomic E-state index is 13.2. The highest BCUT2D eigenvalue weighted by molar-refractivity contribution is 6.29. The van der Waals surface area contributed by atoms with Crippen LogP contribution in [0.4, 0.5) is 15.9 Å². The highest BCUT2D eigenvalue weighted by atomic mass is 35.5. The number of rotatable bonds is 3. The Balaban J connectivity index is 2.40. The summed E-state index contributed by atoms with van der Waals surface area (Å²) in [5.74, 6) is 0.321. The quantitative estimate of drug-likeness (QED) is 0.837. The molecular formula is C12H11ClFN3. The Kier molecular flexibility index (Phi) is 3.54. The smallest absolute Gasteiger partial charge is 0.153 e. The van der Waals surface area contributed by atoms with Gasteiger partial charge >= 0.3 is 0 Å². The minimum absolute atomic E-state index is 0.282. The second kappa shape index (κ2) is 5.10. The van der Waals surface area contributed by atoms with Gasteiger partial charge in [0.25, 0.3) is 0 Å². The molecule has 17 heavy (non-hydrogen) atoms. The molecule has 0 fully saturated rings. The summed E-state index contributed by atoms with van der Waals surface area (Å²) in [5.41, 5.74) is 0.726. The Morgan fingerprint density at radius 2 is 2.18 bits per heavy atom. The van der Waals surface area contributed by atoms with Crippen LogP contribution in [0.25, 0.3) is 0 Å². The van der Waals surface area contributed by atoms with Gasteiger partial charge in [-0.25, -0.2) is 9.37 Å². The van der Waals surface area contributed by atoms with Crippen LogP contribution in [0.3, 0.4) is 0 Å². The van der Waals surface area contributed by atoms with Crippen molar-refractivity contribution in [3.63, 3.8) is 0 Å².